The van der Waals surface area contributed by atoms with Crippen LogP contribution in [-0.2, 0) is 10.0 Å². The average molecular weight is 337 g/mol. The van der Waals surface area contributed by atoms with Crippen LogP contribution in [0.1, 0.15) is 30.1 Å². The quantitative estimate of drug-likeness (QED) is 0.616. The molecular formula is C16H23N3O3S. The standard InChI is InChI=1S/C16H23N3O3S/c1-3-9-18-23(21,22)14-6-4-5-12(10-14)15(20)19-16(2,11-17)13-7-8-13/h3-6,10,13,18H,1,7-9,11,17H2,2H3,(H,19,20). The molecule has 0 aromatic heterocycles. The summed E-state index contributed by atoms with van der Waals surface area (Å²) in [5.74, 6) is 0.0724. The average Bonchev–Trinajstić information content (AvgIpc) is 3.38. The summed E-state index contributed by atoms with van der Waals surface area (Å²) in [5.41, 5.74) is 5.64. The molecule has 23 heavy (non-hydrogen) atoms. The van der Waals surface area contributed by atoms with E-state index in [-0.39, 0.29) is 17.3 Å². The molecule has 1 aliphatic carbocycles. The SMILES string of the molecule is C=CCNS(=O)(=O)c1cccc(C(=O)NC(C)(CN)C2CC2)c1. The molecule has 1 aromatic rings. The normalized spacial score (nSPS) is 17.3. The number of carbonyl (C=O) groups excluding carboxylic acids is 1. The molecule has 1 aliphatic rings. The van der Waals surface area contributed by atoms with Gasteiger partial charge in [0.05, 0.1) is 10.4 Å². The van der Waals surface area contributed by atoms with Crippen molar-refractivity contribution in [1.82, 2.24) is 10.0 Å². The molecule has 0 spiro atoms. The zero-order valence-electron chi connectivity index (χ0n) is 13.2. The van der Waals surface area contributed by atoms with Gasteiger partial charge in [-0.25, -0.2) is 13.1 Å². The number of nitrogens with one attached hydrogen (secondary N) is 2. The van der Waals surface area contributed by atoms with Crippen LogP contribution < -0.4 is 15.8 Å². The molecule has 0 radical (unpaired) electrons. The lowest BCUT2D eigenvalue weighted by Gasteiger charge is -2.29. The van der Waals surface area contributed by atoms with Crippen molar-refractivity contribution in [2.75, 3.05) is 13.1 Å². The third-order valence-electron chi connectivity index (χ3n) is 4.13. The van der Waals surface area contributed by atoms with E-state index in [1.165, 1.54) is 18.2 Å². The van der Waals surface area contributed by atoms with Gasteiger partial charge in [0.15, 0.2) is 0 Å². The van der Waals surface area contributed by atoms with E-state index in [9.17, 15) is 13.2 Å². The summed E-state index contributed by atoms with van der Waals surface area (Å²) in [7, 11) is -3.66. The van der Waals surface area contributed by atoms with Gasteiger partial charge < -0.3 is 11.1 Å². The first-order valence-electron chi connectivity index (χ1n) is 7.55. The Morgan fingerprint density at radius 1 is 1.48 bits per heavy atom. The first kappa shape index (κ1) is 17.7. The molecule has 1 saturated carbocycles. The van der Waals surface area contributed by atoms with Crippen LogP contribution in [0.2, 0.25) is 0 Å². The third kappa shape index (κ3) is 4.19. The van der Waals surface area contributed by atoms with E-state index in [2.05, 4.69) is 16.6 Å². The summed E-state index contributed by atoms with van der Waals surface area (Å²) in [6, 6.07) is 5.95. The highest BCUT2D eigenvalue weighted by molar-refractivity contribution is 7.89. The summed E-state index contributed by atoms with van der Waals surface area (Å²) in [6.07, 6.45) is 3.55. The zero-order chi connectivity index (χ0) is 17.1. The van der Waals surface area contributed by atoms with Crippen LogP contribution >= 0.6 is 0 Å². The minimum absolute atomic E-state index is 0.0490. The van der Waals surface area contributed by atoms with Crippen molar-refractivity contribution >= 4 is 15.9 Å². The van der Waals surface area contributed by atoms with Crippen molar-refractivity contribution < 1.29 is 13.2 Å². The molecule has 1 atom stereocenters. The number of hydrogen-bond donors (Lipinski definition) is 3. The number of rotatable bonds is 8. The van der Waals surface area contributed by atoms with Crippen molar-refractivity contribution in [2.24, 2.45) is 11.7 Å². The predicted molar refractivity (Wildman–Crippen MR) is 89.5 cm³/mol. The van der Waals surface area contributed by atoms with Gasteiger partial charge >= 0.3 is 0 Å². The maximum Gasteiger partial charge on any atom is 0.251 e. The van der Waals surface area contributed by atoms with Gasteiger partial charge in [0.2, 0.25) is 10.0 Å². The molecule has 0 bridgehead atoms. The summed E-state index contributed by atoms with van der Waals surface area (Å²) in [6.45, 7) is 5.88. The molecule has 1 aromatic carbocycles. The summed E-state index contributed by atoms with van der Waals surface area (Å²) < 4.78 is 26.6. The van der Waals surface area contributed by atoms with Crippen molar-refractivity contribution in [3.8, 4) is 0 Å². The van der Waals surface area contributed by atoms with Crippen LogP contribution in [-0.4, -0.2) is 33.0 Å². The Labute approximate surface area is 137 Å². The first-order chi connectivity index (χ1) is 10.8. The minimum Gasteiger partial charge on any atom is -0.345 e. The van der Waals surface area contributed by atoms with Crippen molar-refractivity contribution in [3.05, 3.63) is 42.5 Å². The molecule has 0 heterocycles. The van der Waals surface area contributed by atoms with Crippen LogP contribution in [0.25, 0.3) is 0 Å². The fraction of sp³-hybridized carbons (Fsp3) is 0.438. The number of sulfonamides is 1. The Morgan fingerprint density at radius 2 is 2.17 bits per heavy atom. The molecular weight excluding hydrogens is 314 g/mol. The van der Waals surface area contributed by atoms with E-state index in [0.29, 0.717) is 18.0 Å². The molecule has 126 valence electrons. The van der Waals surface area contributed by atoms with Gasteiger partial charge in [-0.15, -0.1) is 6.58 Å². The molecule has 4 N–H and O–H groups in total. The Balaban J connectivity index is 2.19. The minimum atomic E-state index is -3.66. The highest BCUT2D eigenvalue weighted by atomic mass is 32.2. The van der Waals surface area contributed by atoms with E-state index < -0.39 is 15.6 Å². The van der Waals surface area contributed by atoms with Crippen LogP contribution in [0.3, 0.4) is 0 Å². The van der Waals surface area contributed by atoms with Gasteiger partial charge in [0.1, 0.15) is 0 Å². The lowest BCUT2D eigenvalue weighted by Crippen LogP contribution is -2.53. The molecule has 6 nitrogen and oxygen atoms in total. The molecule has 2 rings (SSSR count). The lowest BCUT2D eigenvalue weighted by molar-refractivity contribution is 0.0897. The largest absolute Gasteiger partial charge is 0.345 e. The van der Waals surface area contributed by atoms with E-state index in [1.807, 2.05) is 6.92 Å². The van der Waals surface area contributed by atoms with Crippen LogP contribution in [0.5, 0.6) is 0 Å². The summed E-state index contributed by atoms with van der Waals surface area (Å²) in [4.78, 5) is 12.5. The Morgan fingerprint density at radius 3 is 2.74 bits per heavy atom. The monoisotopic (exact) mass is 337 g/mol. The van der Waals surface area contributed by atoms with Gasteiger partial charge in [-0.2, -0.15) is 0 Å². The van der Waals surface area contributed by atoms with E-state index in [1.54, 1.807) is 12.1 Å². The summed E-state index contributed by atoms with van der Waals surface area (Å²) in [5, 5.41) is 2.95. The molecule has 7 heteroatoms. The number of amides is 1. The highest BCUT2D eigenvalue weighted by Gasteiger charge is 2.41. The number of benzene rings is 1. The number of nitrogens with two attached hydrogens (primary N) is 1. The molecule has 0 saturated heterocycles. The van der Waals surface area contributed by atoms with Crippen molar-refractivity contribution in [1.29, 1.82) is 0 Å². The van der Waals surface area contributed by atoms with Gasteiger partial charge in [-0.1, -0.05) is 12.1 Å². The number of hydrogen-bond acceptors (Lipinski definition) is 4. The van der Waals surface area contributed by atoms with Crippen molar-refractivity contribution in [2.45, 2.75) is 30.2 Å². The predicted octanol–water partition coefficient (Wildman–Crippen LogP) is 1.01. The van der Waals surface area contributed by atoms with Crippen LogP contribution in [0, 0.1) is 5.92 Å². The van der Waals surface area contributed by atoms with E-state index in [4.69, 9.17) is 5.73 Å². The fourth-order valence-electron chi connectivity index (χ4n) is 2.43. The highest BCUT2D eigenvalue weighted by Crippen LogP contribution is 2.39. The Bertz CT molecular complexity index is 698. The fourth-order valence-corrected chi connectivity index (χ4v) is 3.47. The second-order valence-electron chi connectivity index (χ2n) is 6.02. The smallest absolute Gasteiger partial charge is 0.251 e. The maximum atomic E-state index is 12.4. The van der Waals surface area contributed by atoms with Gasteiger partial charge in [-0.05, 0) is 43.9 Å². The zero-order valence-corrected chi connectivity index (χ0v) is 14.0. The molecule has 0 aliphatic heterocycles. The van der Waals surface area contributed by atoms with E-state index >= 15 is 0 Å². The first-order valence-corrected chi connectivity index (χ1v) is 9.04. The molecule has 1 unspecified atom stereocenters. The molecule has 1 fully saturated rings. The maximum absolute atomic E-state index is 12.4. The summed E-state index contributed by atoms with van der Waals surface area (Å²) >= 11 is 0. The van der Waals surface area contributed by atoms with E-state index in [0.717, 1.165) is 12.8 Å². The second kappa shape index (κ2) is 6.82. The van der Waals surface area contributed by atoms with Crippen molar-refractivity contribution in [3.63, 3.8) is 0 Å². The second-order valence-corrected chi connectivity index (χ2v) is 7.79. The van der Waals surface area contributed by atoms with Gasteiger partial charge in [0, 0.05) is 18.7 Å². The van der Waals surface area contributed by atoms with Crippen LogP contribution in [0.15, 0.2) is 41.8 Å². The lowest BCUT2D eigenvalue weighted by atomic mass is 9.95. The number of carbonyl (C=O) groups is 1. The third-order valence-corrected chi connectivity index (χ3v) is 5.55. The van der Waals surface area contributed by atoms with Crippen LogP contribution in [0.4, 0.5) is 0 Å². The van der Waals surface area contributed by atoms with Gasteiger partial charge in [0.25, 0.3) is 5.91 Å². The van der Waals surface area contributed by atoms with Gasteiger partial charge in [-0.3, -0.25) is 4.79 Å². The topological polar surface area (TPSA) is 101 Å². The Hall–Kier alpha value is -1.70. The Kier molecular flexibility index (Phi) is 5.23. The molecule has 1 amide bonds.